The van der Waals surface area contributed by atoms with Gasteiger partial charge in [0.05, 0.1) is 20.1 Å². The number of hydrogen-bond acceptors (Lipinski definition) is 2. The second-order valence-electron chi connectivity index (χ2n) is 5.56. The van der Waals surface area contributed by atoms with Gasteiger partial charge in [-0.1, -0.05) is 13.8 Å². The first kappa shape index (κ1) is 14.6. The van der Waals surface area contributed by atoms with E-state index in [1.54, 1.807) is 0 Å². The lowest BCUT2D eigenvalue weighted by Gasteiger charge is -2.26. The molecular weight excluding hydrogens is 228 g/mol. The monoisotopic (exact) mass is 251 g/mol. The standard InChI is InChI=1S/C14H23N2O2/c1-5-12(2)13-6-8-15(9-7-13)11-16(3,4)10-14(17)18/h6-9,12H,5,10-11H2,1-4H3/q+1. The van der Waals surface area contributed by atoms with E-state index in [-0.39, 0.29) is 6.54 Å². The molecule has 0 N–H and O–H groups in total. The van der Waals surface area contributed by atoms with E-state index in [1.807, 2.05) is 31.1 Å². The summed E-state index contributed by atoms with van der Waals surface area (Å²) in [4.78, 5) is 10.7. The fraction of sp³-hybridized carbons (Fsp3) is 0.571. The molecule has 1 atom stereocenters. The van der Waals surface area contributed by atoms with Gasteiger partial charge in [0.15, 0.2) is 12.4 Å². The molecule has 0 bridgehead atoms. The number of hydrogen-bond donors (Lipinski definition) is 0. The van der Waals surface area contributed by atoms with Crippen molar-refractivity contribution >= 4 is 5.97 Å². The zero-order valence-corrected chi connectivity index (χ0v) is 11.7. The van der Waals surface area contributed by atoms with E-state index in [1.165, 1.54) is 5.56 Å². The van der Waals surface area contributed by atoms with Crippen molar-refractivity contribution in [1.82, 2.24) is 0 Å². The molecule has 0 aliphatic carbocycles. The van der Waals surface area contributed by atoms with Crippen molar-refractivity contribution in [1.29, 1.82) is 0 Å². The lowest BCUT2D eigenvalue weighted by atomic mass is 10.0. The summed E-state index contributed by atoms with van der Waals surface area (Å²) >= 11 is 0. The van der Waals surface area contributed by atoms with Crippen LogP contribution < -0.4 is 9.67 Å². The predicted molar refractivity (Wildman–Crippen MR) is 67.3 cm³/mol. The van der Waals surface area contributed by atoms with Crippen LogP contribution >= 0.6 is 0 Å². The summed E-state index contributed by atoms with van der Waals surface area (Å²) in [6.07, 6.45) is 5.14. The van der Waals surface area contributed by atoms with Crippen molar-refractivity contribution in [3.05, 3.63) is 30.1 Å². The average molecular weight is 251 g/mol. The predicted octanol–water partition coefficient (Wildman–Crippen LogP) is 0.271. The molecule has 1 heterocycles. The van der Waals surface area contributed by atoms with Gasteiger partial charge in [0, 0.05) is 12.1 Å². The van der Waals surface area contributed by atoms with Gasteiger partial charge in [0.1, 0.15) is 6.54 Å². The number of carbonyl (C=O) groups excluding carboxylic acids is 1. The minimum atomic E-state index is -1.02. The summed E-state index contributed by atoms with van der Waals surface area (Å²) in [5.74, 6) is -0.456. The highest BCUT2D eigenvalue weighted by molar-refractivity contribution is 5.65. The SMILES string of the molecule is CCC(C)c1cc[n+](C[N+](C)(C)CC(=O)[O-])cc1. The van der Waals surface area contributed by atoms with Crippen LogP contribution in [0.5, 0.6) is 0 Å². The van der Waals surface area contributed by atoms with Gasteiger partial charge in [-0.15, -0.1) is 0 Å². The summed E-state index contributed by atoms with van der Waals surface area (Å²) in [7, 11) is 3.76. The Hall–Kier alpha value is -1.42. The lowest BCUT2D eigenvalue weighted by molar-refractivity contribution is -1.02. The Kier molecular flexibility index (Phi) is 4.84. The van der Waals surface area contributed by atoms with Gasteiger partial charge in [-0.25, -0.2) is 0 Å². The molecule has 100 valence electrons. The van der Waals surface area contributed by atoms with Gasteiger partial charge in [-0.05, 0) is 17.9 Å². The normalized spacial score (nSPS) is 13.3. The van der Waals surface area contributed by atoms with Crippen LogP contribution in [0, 0.1) is 0 Å². The Bertz CT molecular complexity index is 399. The quantitative estimate of drug-likeness (QED) is 0.538. The fourth-order valence-corrected chi connectivity index (χ4v) is 1.97. The lowest BCUT2D eigenvalue weighted by Crippen LogP contribution is -2.56. The number of carboxylic acids is 1. The first-order valence-electron chi connectivity index (χ1n) is 6.35. The molecule has 1 unspecified atom stereocenters. The Balaban J connectivity index is 2.71. The Labute approximate surface area is 109 Å². The van der Waals surface area contributed by atoms with Gasteiger partial charge >= 0.3 is 0 Å². The molecule has 0 aliphatic heterocycles. The molecule has 0 saturated carbocycles. The third-order valence-electron chi connectivity index (χ3n) is 3.20. The summed E-state index contributed by atoms with van der Waals surface area (Å²) in [6.45, 7) is 5.01. The molecule has 1 aromatic heterocycles. The van der Waals surface area contributed by atoms with Gasteiger partial charge in [-0.3, -0.25) is 4.48 Å². The molecule has 0 aliphatic rings. The van der Waals surface area contributed by atoms with Crippen LogP contribution in [0.3, 0.4) is 0 Å². The van der Waals surface area contributed by atoms with Gasteiger partial charge < -0.3 is 9.90 Å². The number of carboxylic acid groups (broad SMARTS) is 1. The maximum Gasteiger partial charge on any atom is 0.275 e. The van der Waals surface area contributed by atoms with Crippen LogP contribution in [0.15, 0.2) is 24.5 Å². The number of nitrogens with zero attached hydrogens (tertiary/aromatic N) is 2. The van der Waals surface area contributed by atoms with Crippen LogP contribution in [-0.4, -0.2) is 31.1 Å². The van der Waals surface area contributed by atoms with Crippen molar-refractivity contribution in [2.24, 2.45) is 0 Å². The summed E-state index contributed by atoms with van der Waals surface area (Å²) < 4.78 is 2.38. The number of rotatable bonds is 6. The zero-order chi connectivity index (χ0) is 13.8. The first-order valence-corrected chi connectivity index (χ1v) is 6.35. The van der Waals surface area contributed by atoms with Gasteiger partial charge in [-0.2, -0.15) is 4.57 Å². The molecule has 18 heavy (non-hydrogen) atoms. The van der Waals surface area contributed by atoms with E-state index in [0.717, 1.165) is 6.42 Å². The minimum Gasteiger partial charge on any atom is -0.544 e. The van der Waals surface area contributed by atoms with Crippen LogP contribution in [-0.2, 0) is 11.5 Å². The molecule has 0 radical (unpaired) electrons. The maximum absolute atomic E-state index is 10.7. The van der Waals surface area contributed by atoms with Crippen molar-refractivity contribution in [3.8, 4) is 0 Å². The molecule has 0 fully saturated rings. The molecular formula is C14H23N2O2+. The van der Waals surface area contributed by atoms with E-state index < -0.39 is 5.97 Å². The number of carbonyl (C=O) groups is 1. The molecule has 4 heteroatoms. The molecule has 0 saturated heterocycles. The van der Waals surface area contributed by atoms with Crippen molar-refractivity contribution in [3.63, 3.8) is 0 Å². The number of quaternary nitrogens is 1. The van der Waals surface area contributed by atoms with E-state index in [4.69, 9.17) is 0 Å². The Morgan fingerprint density at radius 1 is 1.39 bits per heavy atom. The van der Waals surface area contributed by atoms with E-state index >= 15 is 0 Å². The number of likely N-dealkylation sites (N-methyl/N-ethyl adjacent to an activating group) is 1. The molecule has 0 amide bonds. The van der Waals surface area contributed by atoms with Crippen LogP contribution in [0.2, 0.25) is 0 Å². The molecule has 1 aromatic rings. The number of aliphatic carboxylic acids is 1. The summed E-state index contributed by atoms with van der Waals surface area (Å²) in [6, 6.07) is 4.21. The Morgan fingerprint density at radius 3 is 2.39 bits per heavy atom. The van der Waals surface area contributed by atoms with Gasteiger partial charge in [0.25, 0.3) is 6.67 Å². The third kappa shape index (κ3) is 4.45. The maximum atomic E-state index is 10.7. The van der Waals surface area contributed by atoms with Crippen molar-refractivity contribution in [2.45, 2.75) is 32.9 Å². The number of pyridine rings is 1. The first-order chi connectivity index (χ1) is 8.34. The molecule has 0 aromatic carbocycles. The molecule has 4 nitrogen and oxygen atoms in total. The third-order valence-corrected chi connectivity index (χ3v) is 3.20. The molecule has 1 rings (SSSR count). The topological polar surface area (TPSA) is 44.0 Å². The van der Waals surface area contributed by atoms with Crippen molar-refractivity contribution in [2.75, 3.05) is 20.6 Å². The average Bonchev–Trinajstić information content (AvgIpc) is 2.26. The summed E-state index contributed by atoms with van der Waals surface area (Å²) in [5.41, 5.74) is 1.32. The van der Waals surface area contributed by atoms with Crippen LogP contribution in [0.4, 0.5) is 0 Å². The van der Waals surface area contributed by atoms with E-state index in [9.17, 15) is 9.90 Å². The molecule has 0 spiro atoms. The Morgan fingerprint density at radius 2 is 1.94 bits per heavy atom. The highest BCUT2D eigenvalue weighted by atomic mass is 16.4. The largest absolute Gasteiger partial charge is 0.544 e. The van der Waals surface area contributed by atoms with E-state index in [2.05, 4.69) is 26.0 Å². The highest BCUT2D eigenvalue weighted by Gasteiger charge is 2.20. The smallest absolute Gasteiger partial charge is 0.275 e. The minimum absolute atomic E-state index is 0.0140. The van der Waals surface area contributed by atoms with Gasteiger partial charge in [0.2, 0.25) is 0 Å². The second-order valence-corrected chi connectivity index (χ2v) is 5.56. The second kappa shape index (κ2) is 5.96. The van der Waals surface area contributed by atoms with Crippen LogP contribution in [0.1, 0.15) is 31.7 Å². The van der Waals surface area contributed by atoms with Crippen molar-refractivity contribution < 1.29 is 19.0 Å². The highest BCUT2D eigenvalue weighted by Crippen LogP contribution is 2.16. The fourth-order valence-electron chi connectivity index (χ4n) is 1.97. The zero-order valence-electron chi connectivity index (χ0n) is 11.7. The van der Waals surface area contributed by atoms with E-state index in [0.29, 0.717) is 17.1 Å². The van der Waals surface area contributed by atoms with Crippen LogP contribution in [0.25, 0.3) is 0 Å². The summed E-state index contributed by atoms with van der Waals surface area (Å²) in [5, 5.41) is 10.7. The number of aromatic nitrogens is 1.